The van der Waals surface area contributed by atoms with Gasteiger partial charge in [0.2, 0.25) is 0 Å². The summed E-state index contributed by atoms with van der Waals surface area (Å²) in [4.78, 5) is 24.2. The van der Waals surface area contributed by atoms with E-state index in [0.29, 0.717) is 16.9 Å². The van der Waals surface area contributed by atoms with Gasteiger partial charge in [0, 0.05) is 16.9 Å². The average Bonchev–Trinajstić information content (AvgIpc) is 3.10. The Hall–Kier alpha value is -3.41. The minimum Gasteiger partial charge on any atom is -0.481 e. The molecule has 0 unspecified atom stereocenters. The first kappa shape index (κ1) is 18.9. The molecule has 1 heterocycles. The zero-order valence-electron chi connectivity index (χ0n) is 16.3. The first-order valence-electron chi connectivity index (χ1n) is 9.82. The number of aryl methyl sites for hydroxylation is 1. The highest BCUT2D eigenvalue weighted by atomic mass is 16.4. The lowest BCUT2D eigenvalue weighted by molar-refractivity contribution is -0.136. The second kappa shape index (κ2) is 7.91. The van der Waals surface area contributed by atoms with E-state index in [2.05, 4.69) is 10.4 Å². The van der Waals surface area contributed by atoms with Crippen molar-refractivity contribution in [2.24, 2.45) is 0 Å². The number of aromatic nitrogens is 2. The molecule has 4 rings (SSSR count). The molecule has 29 heavy (non-hydrogen) atoms. The number of benzene rings is 2. The number of amides is 1. The predicted molar refractivity (Wildman–Crippen MR) is 111 cm³/mol. The summed E-state index contributed by atoms with van der Waals surface area (Å²) in [5.41, 5.74) is 5.69. The van der Waals surface area contributed by atoms with Gasteiger partial charge in [-0.1, -0.05) is 35.9 Å². The van der Waals surface area contributed by atoms with Crippen LogP contribution in [0, 0.1) is 6.92 Å². The van der Waals surface area contributed by atoms with Crippen LogP contribution in [0.2, 0.25) is 0 Å². The van der Waals surface area contributed by atoms with Crippen LogP contribution in [-0.2, 0) is 24.1 Å². The fourth-order valence-electron chi connectivity index (χ4n) is 3.82. The van der Waals surface area contributed by atoms with Crippen molar-refractivity contribution in [2.75, 3.05) is 5.32 Å². The molecule has 0 saturated carbocycles. The monoisotopic (exact) mass is 389 g/mol. The summed E-state index contributed by atoms with van der Waals surface area (Å²) in [5, 5.41) is 16.7. The van der Waals surface area contributed by atoms with Crippen molar-refractivity contribution >= 4 is 17.6 Å². The van der Waals surface area contributed by atoms with Crippen LogP contribution in [0.25, 0.3) is 5.69 Å². The number of carboxylic acids is 1. The number of hydrogen-bond acceptors (Lipinski definition) is 3. The number of carboxylic acid groups (broad SMARTS) is 1. The Kier molecular flexibility index (Phi) is 5.16. The standard InChI is InChI=1S/C23H23N3O3/c1-15-10-12-17(13-11-15)26-20-9-5-3-7-18(20)22(25-26)23(29)24-19-8-4-2-6-16(19)14-21(27)28/h2,4,6,8,10-13H,3,5,7,9,14H2,1H3,(H,24,29)(H,27,28). The van der Waals surface area contributed by atoms with Gasteiger partial charge >= 0.3 is 5.97 Å². The molecule has 0 spiro atoms. The number of carbonyl (C=O) groups excluding carboxylic acids is 1. The third-order valence-electron chi connectivity index (χ3n) is 5.28. The molecule has 0 saturated heterocycles. The van der Waals surface area contributed by atoms with E-state index in [1.807, 2.05) is 35.9 Å². The Morgan fingerprint density at radius 3 is 2.55 bits per heavy atom. The van der Waals surface area contributed by atoms with Crippen molar-refractivity contribution in [3.8, 4) is 5.69 Å². The van der Waals surface area contributed by atoms with Gasteiger partial charge in [-0.25, -0.2) is 4.68 Å². The number of hydrogen-bond donors (Lipinski definition) is 2. The smallest absolute Gasteiger partial charge is 0.307 e. The van der Waals surface area contributed by atoms with Crippen molar-refractivity contribution < 1.29 is 14.7 Å². The summed E-state index contributed by atoms with van der Waals surface area (Å²) in [7, 11) is 0. The molecule has 1 amide bonds. The van der Waals surface area contributed by atoms with E-state index in [-0.39, 0.29) is 12.3 Å². The SMILES string of the molecule is Cc1ccc(-n2nc(C(=O)Nc3ccccc3CC(=O)O)c3c2CCCC3)cc1. The van der Waals surface area contributed by atoms with Gasteiger partial charge in [-0.05, 0) is 56.4 Å². The quantitative estimate of drug-likeness (QED) is 0.692. The van der Waals surface area contributed by atoms with Crippen LogP contribution in [0.5, 0.6) is 0 Å². The molecule has 0 bridgehead atoms. The first-order chi connectivity index (χ1) is 14.0. The lowest BCUT2D eigenvalue weighted by Gasteiger charge is -2.14. The van der Waals surface area contributed by atoms with Gasteiger partial charge in [0.1, 0.15) is 0 Å². The number of para-hydroxylation sites is 1. The molecule has 1 aliphatic rings. The van der Waals surface area contributed by atoms with E-state index in [0.717, 1.165) is 42.6 Å². The first-order valence-corrected chi connectivity index (χ1v) is 9.82. The highest BCUT2D eigenvalue weighted by molar-refractivity contribution is 6.04. The van der Waals surface area contributed by atoms with Crippen LogP contribution < -0.4 is 5.32 Å². The predicted octanol–water partition coefficient (Wildman–Crippen LogP) is 3.94. The van der Waals surface area contributed by atoms with Gasteiger partial charge < -0.3 is 10.4 Å². The molecule has 148 valence electrons. The highest BCUT2D eigenvalue weighted by Gasteiger charge is 2.26. The number of carbonyl (C=O) groups is 2. The van der Waals surface area contributed by atoms with Gasteiger partial charge in [-0.3, -0.25) is 9.59 Å². The summed E-state index contributed by atoms with van der Waals surface area (Å²) < 4.78 is 1.88. The van der Waals surface area contributed by atoms with Gasteiger partial charge in [0.15, 0.2) is 5.69 Å². The number of nitrogens with one attached hydrogen (secondary N) is 1. The Labute approximate surface area is 169 Å². The molecule has 3 aromatic rings. The second-order valence-electron chi connectivity index (χ2n) is 7.41. The summed E-state index contributed by atoms with van der Waals surface area (Å²) in [6.07, 6.45) is 3.67. The fourth-order valence-corrected chi connectivity index (χ4v) is 3.82. The molecule has 6 nitrogen and oxygen atoms in total. The zero-order chi connectivity index (χ0) is 20.4. The Morgan fingerprint density at radius 1 is 1.07 bits per heavy atom. The van der Waals surface area contributed by atoms with Crippen molar-refractivity contribution in [1.29, 1.82) is 0 Å². The molecule has 0 aliphatic heterocycles. The van der Waals surface area contributed by atoms with Crippen molar-refractivity contribution in [1.82, 2.24) is 9.78 Å². The van der Waals surface area contributed by atoms with E-state index >= 15 is 0 Å². The van der Waals surface area contributed by atoms with E-state index < -0.39 is 5.97 Å². The van der Waals surface area contributed by atoms with Gasteiger partial charge in [-0.2, -0.15) is 5.10 Å². The maximum Gasteiger partial charge on any atom is 0.307 e. The van der Waals surface area contributed by atoms with Gasteiger partial charge in [-0.15, -0.1) is 0 Å². The zero-order valence-corrected chi connectivity index (χ0v) is 16.3. The van der Waals surface area contributed by atoms with E-state index in [1.54, 1.807) is 24.3 Å². The maximum absolute atomic E-state index is 13.1. The molecular formula is C23H23N3O3. The van der Waals surface area contributed by atoms with E-state index in [4.69, 9.17) is 5.11 Å². The highest BCUT2D eigenvalue weighted by Crippen LogP contribution is 2.28. The van der Waals surface area contributed by atoms with Crippen LogP contribution in [0.15, 0.2) is 48.5 Å². The number of fused-ring (bicyclic) bond motifs is 1. The molecular weight excluding hydrogens is 366 g/mol. The third kappa shape index (κ3) is 3.92. The maximum atomic E-state index is 13.1. The van der Waals surface area contributed by atoms with Crippen LogP contribution in [0.4, 0.5) is 5.69 Å². The molecule has 2 aromatic carbocycles. The number of nitrogens with zero attached hydrogens (tertiary/aromatic N) is 2. The topological polar surface area (TPSA) is 84.2 Å². The molecule has 0 fully saturated rings. The fraction of sp³-hybridized carbons (Fsp3) is 0.261. The van der Waals surface area contributed by atoms with Crippen molar-refractivity contribution in [3.63, 3.8) is 0 Å². The van der Waals surface area contributed by atoms with Crippen LogP contribution in [-0.4, -0.2) is 26.8 Å². The minimum absolute atomic E-state index is 0.146. The molecule has 1 aliphatic carbocycles. The number of rotatable bonds is 5. The summed E-state index contributed by atoms with van der Waals surface area (Å²) in [6, 6.07) is 15.1. The number of anilines is 1. The second-order valence-corrected chi connectivity index (χ2v) is 7.41. The minimum atomic E-state index is -0.937. The third-order valence-corrected chi connectivity index (χ3v) is 5.28. The van der Waals surface area contributed by atoms with Crippen LogP contribution in [0.1, 0.15) is 45.7 Å². The molecule has 1 aromatic heterocycles. The van der Waals surface area contributed by atoms with Gasteiger partial charge in [0.25, 0.3) is 5.91 Å². The lowest BCUT2D eigenvalue weighted by atomic mass is 9.95. The summed E-state index contributed by atoms with van der Waals surface area (Å²) in [6.45, 7) is 2.04. The Balaban J connectivity index is 1.69. The Bertz CT molecular complexity index is 1070. The molecule has 0 atom stereocenters. The van der Waals surface area contributed by atoms with E-state index in [9.17, 15) is 9.59 Å². The lowest BCUT2D eigenvalue weighted by Crippen LogP contribution is -2.17. The average molecular weight is 389 g/mol. The van der Waals surface area contributed by atoms with Crippen molar-refractivity contribution in [3.05, 3.63) is 76.6 Å². The Morgan fingerprint density at radius 2 is 1.79 bits per heavy atom. The van der Waals surface area contributed by atoms with Crippen LogP contribution >= 0.6 is 0 Å². The van der Waals surface area contributed by atoms with Crippen LogP contribution in [0.3, 0.4) is 0 Å². The van der Waals surface area contributed by atoms with Gasteiger partial charge in [0.05, 0.1) is 12.1 Å². The molecule has 2 N–H and O–H groups in total. The molecule has 0 radical (unpaired) electrons. The van der Waals surface area contributed by atoms with E-state index in [1.165, 1.54) is 5.56 Å². The van der Waals surface area contributed by atoms with Crippen molar-refractivity contribution in [2.45, 2.75) is 39.0 Å². The number of aliphatic carboxylic acids is 1. The largest absolute Gasteiger partial charge is 0.481 e. The molecule has 6 heteroatoms. The normalized spacial score (nSPS) is 13.0. The summed E-state index contributed by atoms with van der Waals surface area (Å²) in [5.74, 6) is -1.24. The summed E-state index contributed by atoms with van der Waals surface area (Å²) >= 11 is 0.